The van der Waals surface area contributed by atoms with E-state index in [2.05, 4.69) is 5.32 Å². The van der Waals surface area contributed by atoms with Crippen LogP contribution >= 0.6 is 0 Å². The maximum Gasteiger partial charge on any atom is 0.337 e. The molecule has 2 aromatic carbocycles. The Kier molecular flexibility index (Phi) is 6.45. The maximum atomic E-state index is 13.3. The lowest BCUT2D eigenvalue weighted by Crippen LogP contribution is -2.34. The Labute approximate surface area is 189 Å². The summed E-state index contributed by atoms with van der Waals surface area (Å²) in [7, 11) is 0. The van der Waals surface area contributed by atoms with Gasteiger partial charge in [0.2, 0.25) is 0 Å². The molecule has 1 atom stereocenters. The fourth-order valence-corrected chi connectivity index (χ4v) is 4.40. The average Bonchev–Trinajstić information content (AvgIpc) is 2.77. The highest BCUT2D eigenvalue weighted by atomic mass is 16.5. The van der Waals surface area contributed by atoms with Crippen molar-refractivity contribution >= 4 is 11.8 Å². The quantitative estimate of drug-likeness (QED) is 0.638. The Morgan fingerprint density at radius 1 is 1.06 bits per heavy atom. The summed E-state index contributed by atoms with van der Waals surface area (Å²) in [5.41, 5.74) is 4.65. The summed E-state index contributed by atoms with van der Waals surface area (Å²) < 4.78 is 11.5. The van der Waals surface area contributed by atoms with Crippen molar-refractivity contribution in [2.75, 3.05) is 0 Å². The van der Waals surface area contributed by atoms with Gasteiger partial charge in [0.05, 0.1) is 11.7 Å². The molecule has 4 rings (SSSR count). The van der Waals surface area contributed by atoms with Crippen LogP contribution < -0.4 is 10.1 Å². The van der Waals surface area contributed by atoms with E-state index in [1.165, 1.54) is 0 Å². The first-order valence-electron chi connectivity index (χ1n) is 11.2. The zero-order chi connectivity index (χ0) is 22.7. The van der Waals surface area contributed by atoms with Crippen molar-refractivity contribution in [2.24, 2.45) is 0 Å². The summed E-state index contributed by atoms with van der Waals surface area (Å²) in [6.45, 7) is 6.02. The van der Waals surface area contributed by atoms with Crippen LogP contribution in [0.15, 0.2) is 77.1 Å². The molecule has 0 radical (unpaired) electrons. The van der Waals surface area contributed by atoms with Crippen LogP contribution in [0.5, 0.6) is 5.75 Å². The second kappa shape index (κ2) is 9.43. The summed E-state index contributed by atoms with van der Waals surface area (Å²) in [6, 6.07) is 17.3. The summed E-state index contributed by atoms with van der Waals surface area (Å²) in [4.78, 5) is 26.3. The van der Waals surface area contributed by atoms with Crippen molar-refractivity contribution in [2.45, 2.75) is 58.7 Å². The number of dihydropyridines is 1. The fraction of sp³-hybridized carbons (Fsp3) is 0.333. The number of hydrogen-bond donors (Lipinski definition) is 1. The van der Waals surface area contributed by atoms with E-state index >= 15 is 0 Å². The molecule has 1 unspecified atom stereocenters. The molecule has 2 aromatic rings. The summed E-state index contributed by atoms with van der Waals surface area (Å²) >= 11 is 0. The van der Waals surface area contributed by atoms with Gasteiger partial charge in [0.25, 0.3) is 0 Å². The van der Waals surface area contributed by atoms with Crippen LogP contribution in [-0.4, -0.2) is 17.9 Å². The number of carbonyl (C=O) groups is 2. The number of esters is 1. The molecular formula is C27H29NO4. The van der Waals surface area contributed by atoms with Crippen molar-refractivity contribution in [1.29, 1.82) is 0 Å². The summed E-state index contributed by atoms with van der Waals surface area (Å²) in [5.74, 6) is -0.00501. The minimum atomic E-state index is -0.449. The number of Topliss-reactive ketones (excluding diaryl/α,β-unsaturated/α-hetero) is 1. The zero-order valence-electron chi connectivity index (χ0n) is 18.8. The average molecular weight is 432 g/mol. The molecule has 1 aliphatic heterocycles. The van der Waals surface area contributed by atoms with Crippen LogP contribution in [0, 0.1) is 0 Å². The number of benzene rings is 2. The minimum absolute atomic E-state index is 0.0691. The Morgan fingerprint density at radius 3 is 2.47 bits per heavy atom. The largest absolute Gasteiger partial charge is 0.491 e. The van der Waals surface area contributed by atoms with Crippen LogP contribution in [0.25, 0.3) is 0 Å². The maximum absolute atomic E-state index is 13.3. The third-order valence-electron chi connectivity index (χ3n) is 5.79. The number of rotatable bonds is 6. The number of allylic oxidation sites excluding steroid dienone is 3. The van der Waals surface area contributed by atoms with Crippen LogP contribution in [-0.2, 0) is 20.9 Å². The van der Waals surface area contributed by atoms with Crippen LogP contribution in [0.1, 0.15) is 57.1 Å². The first kappa shape index (κ1) is 21.9. The molecule has 1 aliphatic carbocycles. The second-order valence-electron chi connectivity index (χ2n) is 8.56. The smallest absolute Gasteiger partial charge is 0.337 e. The molecule has 2 aliphatic rings. The Bertz CT molecular complexity index is 1060. The highest BCUT2D eigenvalue weighted by Crippen LogP contribution is 2.42. The van der Waals surface area contributed by atoms with Crippen molar-refractivity contribution < 1.29 is 19.1 Å². The van der Waals surface area contributed by atoms with E-state index in [-0.39, 0.29) is 18.5 Å². The standard InChI is InChI=1S/C27H29NO4/c1-17(2)32-21-14-12-20(13-15-21)25-24(27(30)31-16-19-8-5-4-6-9-19)18(3)28-22-10-7-11-23(29)26(22)25/h4-6,8-9,12-15,17,25,28H,7,10-11,16H2,1-3H3. The molecule has 1 heterocycles. The van der Waals surface area contributed by atoms with Gasteiger partial charge in [-0.2, -0.15) is 0 Å². The van der Waals surface area contributed by atoms with Crippen molar-refractivity contribution in [3.63, 3.8) is 0 Å². The van der Waals surface area contributed by atoms with Crippen molar-refractivity contribution in [3.8, 4) is 5.75 Å². The lowest BCUT2D eigenvalue weighted by molar-refractivity contribution is -0.140. The Morgan fingerprint density at radius 2 is 1.78 bits per heavy atom. The van der Waals surface area contributed by atoms with Gasteiger partial charge in [0, 0.05) is 29.3 Å². The van der Waals surface area contributed by atoms with E-state index in [9.17, 15) is 9.59 Å². The van der Waals surface area contributed by atoms with Crippen molar-refractivity contribution in [3.05, 3.63) is 88.3 Å². The fourth-order valence-electron chi connectivity index (χ4n) is 4.40. The highest BCUT2D eigenvalue weighted by Gasteiger charge is 2.39. The van der Waals surface area contributed by atoms with E-state index < -0.39 is 11.9 Å². The molecule has 0 saturated heterocycles. The van der Waals surface area contributed by atoms with Crippen LogP contribution in [0.2, 0.25) is 0 Å². The van der Waals surface area contributed by atoms with Crippen LogP contribution in [0.3, 0.4) is 0 Å². The van der Waals surface area contributed by atoms with Crippen molar-refractivity contribution in [1.82, 2.24) is 5.32 Å². The molecule has 0 aromatic heterocycles. The lowest BCUT2D eigenvalue weighted by atomic mass is 9.75. The predicted octanol–water partition coefficient (Wildman–Crippen LogP) is 5.19. The number of ether oxygens (including phenoxy) is 2. The van der Waals surface area contributed by atoms with Gasteiger partial charge in [-0.1, -0.05) is 42.5 Å². The normalized spacial score (nSPS) is 18.4. The molecule has 0 fully saturated rings. The molecule has 5 nitrogen and oxygen atoms in total. The molecule has 0 bridgehead atoms. The number of carbonyl (C=O) groups excluding carboxylic acids is 2. The van der Waals surface area contributed by atoms with Crippen LogP contribution in [0.4, 0.5) is 0 Å². The summed E-state index contributed by atoms with van der Waals surface area (Å²) in [5, 5.41) is 3.33. The minimum Gasteiger partial charge on any atom is -0.491 e. The van der Waals surface area contributed by atoms with E-state index in [0.717, 1.165) is 41.1 Å². The van der Waals surface area contributed by atoms with Gasteiger partial charge >= 0.3 is 5.97 Å². The topological polar surface area (TPSA) is 64.6 Å². The van der Waals surface area contributed by atoms with E-state index in [0.29, 0.717) is 17.6 Å². The lowest BCUT2D eigenvalue weighted by Gasteiger charge is -2.34. The van der Waals surface area contributed by atoms with Gasteiger partial charge in [-0.3, -0.25) is 4.79 Å². The monoisotopic (exact) mass is 431 g/mol. The molecule has 1 N–H and O–H groups in total. The SMILES string of the molecule is CC1=C(C(=O)OCc2ccccc2)C(c2ccc(OC(C)C)cc2)C2=C(CCCC2=O)N1. The zero-order valence-corrected chi connectivity index (χ0v) is 18.8. The number of nitrogens with one attached hydrogen (secondary N) is 1. The third-order valence-corrected chi connectivity index (χ3v) is 5.79. The van der Waals surface area contributed by atoms with E-state index in [1.54, 1.807) is 0 Å². The van der Waals surface area contributed by atoms with Gasteiger partial charge in [-0.15, -0.1) is 0 Å². The third kappa shape index (κ3) is 4.62. The first-order valence-corrected chi connectivity index (χ1v) is 11.2. The molecule has 0 amide bonds. The van der Waals surface area contributed by atoms with Gasteiger partial charge < -0.3 is 14.8 Å². The van der Waals surface area contributed by atoms with Gasteiger partial charge in [-0.05, 0) is 56.9 Å². The molecule has 5 heteroatoms. The number of ketones is 1. The first-order chi connectivity index (χ1) is 15.4. The van der Waals surface area contributed by atoms with E-state index in [4.69, 9.17) is 9.47 Å². The summed E-state index contributed by atoms with van der Waals surface area (Å²) in [6.07, 6.45) is 2.19. The molecular weight excluding hydrogens is 402 g/mol. The molecule has 32 heavy (non-hydrogen) atoms. The Hall–Kier alpha value is -3.34. The molecule has 166 valence electrons. The van der Waals surface area contributed by atoms with Gasteiger partial charge in [0.15, 0.2) is 5.78 Å². The molecule has 0 saturated carbocycles. The molecule has 0 spiro atoms. The predicted molar refractivity (Wildman–Crippen MR) is 123 cm³/mol. The number of hydrogen-bond acceptors (Lipinski definition) is 5. The van der Waals surface area contributed by atoms with Gasteiger partial charge in [0.1, 0.15) is 12.4 Å². The Balaban J connectivity index is 1.68. The van der Waals surface area contributed by atoms with Gasteiger partial charge in [-0.25, -0.2) is 4.79 Å². The second-order valence-corrected chi connectivity index (χ2v) is 8.56. The van der Waals surface area contributed by atoms with E-state index in [1.807, 2.05) is 75.4 Å². The highest BCUT2D eigenvalue weighted by molar-refractivity contribution is 6.03.